The molecule has 0 amide bonds. The first kappa shape index (κ1) is 19.7. The molecule has 0 aliphatic carbocycles. The molecule has 3 aromatic carbocycles. The van der Waals surface area contributed by atoms with Gasteiger partial charge in [-0.2, -0.15) is 5.10 Å². The van der Waals surface area contributed by atoms with Crippen LogP contribution in [0, 0.1) is 5.82 Å². The van der Waals surface area contributed by atoms with Gasteiger partial charge in [-0.25, -0.2) is 17.5 Å². The molecule has 0 aliphatic rings. The highest BCUT2D eigenvalue weighted by molar-refractivity contribution is 7.92. The van der Waals surface area contributed by atoms with Crippen molar-refractivity contribution in [2.24, 2.45) is 0 Å². The average Bonchev–Trinajstić information content (AvgIpc) is 3.17. The van der Waals surface area contributed by atoms with Crippen LogP contribution in [0.1, 0.15) is 0 Å². The first-order valence-corrected chi connectivity index (χ1v) is 10.5. The largest absolute Gasteiger partial charge is 0.497 e. The molecular formula is C22H18FN3O3S. The third-order valence-electron chi connectivity index (χ3n) is 4.47. The summed E-state index contributed by atoms with van der Waals surface area (Å²) in [5.74, 6) is 0.136. The fraction of sp³-hybridized carbons (Fsp3) is 0.0455. The van der Waals surface area contributed by atoms with Crippen LogP contribution in [-0.2, 0) is 10.0 Å². The van der Waals surface area contributed by atoms with Gasteiger partial charge < -0.3 is 4.74 Å². The lowest BCUT2D eigenvalue weighted by molar-refractivity contribution is 0.414. The molecule has 1 heterocycles. The van der Waals surface area contributed by atoms with Gasteiger partial charge in [-0.05, 0) is 36.4 Å². The topological polar surface area (TPSA) is 73.2 Å². The van der Waals surface area contributed by atoms with Gasteiger partial charge in [-0.1, -0.05) is 42.5 Å². The molecule has 1 aromatic heterocycles. The first-order chi connectivity index (χ1) is 14.5. The summed E-state index contributed by atoms with van der Waals surface area (Å²) >= 11 is 0. The number of nitrogens with one attached hydrogen (secondary N) is 1. The van der Waals surface area contributed by atoms with Crippen LogP contribution in [0.15, 0.2) is 89.8 Å². The minimum Gasteiger partial charge on any atom is -0.497 e. The molecule has 0 saturated carbocycles. The van der Waals surface area contributed by atoms with Crippen molar-refractivity contribution in [1.82, 2.24) is 9.78 Å². The molecule has 4 rings (SSSR count). The first-order valence-electron chi connectivity index (χ1n) is 9.05. The fourth-order valence-corrected chi connectivity index (χ4v) is 4.00. The summed E-state index contributed by atoms with van der Waals surface area (Å²) in [5.41, 5.74) is 1.41. The summed E-state index contributed by atoms with van der Waals surface area (Å²) in [6.45, 7) is 0. The lowest BCUT2D eigenvalue weighted by Gasteiger charge is -2.11. The smallest absolute Gasteiger partial charge is 0.263 e. The van der Waals surface area contributed by atoms with Crippen molar-refractivity contribution in [3.05, 3.63) is 90.7 Å². The van der Waals surface area contributed by atoms with Crippen LogP contribution in [0.4, 0.5) is 10.2 Å². The van der Waals surface area contributed by atoms with E-state index in [0.29, 0.717) is 11.4 Å². The van der Waals surface area contributed by atoms with E-state index < -0.39 is 15.8 Å². The van der Waals surface area contributed by atoms with E-state index in [0.717, 1.165) is 5.56 Å². The Morgan fingerprint density at radius 2 is 1.60 bits per heavy atom. The van der Waals surface area contributed by atoms with Crippen molar-refractivity contribution in [2.45, 2.75) is 4.90 Å². The maximum atomic E-state index is 14.5. The van der Waals surface area contributed by atoms with E-state index in [-0.39, 0.29) is 16.4 Å². The lowest BCUT2D eigenvalue weighted by Crippen LogP contribution is -2.16. The Hall–Kier alpha value is -3.65. The second-order valence-corrected chi connectivity index (χ2v) is 8.11. The van der Waals surface area contributed by atoms with Crippen LogP contribution in [0.25, 0.3) is 16.9 Å². The summed E-state index contributed by atoms with van der Waals surface area (Å²) < 4.78 is 49.2. The van der Waals surface area contributed by atoms with E-state index in [1.54, 1.807) is 30.3 Å². The van der Waals surface area contributed by atoms with Crippen LogP contribution in [0.3, 0.4) is 0 Å². The number of nitrogens with zero attached hydrogens (tertiary/aromatic N) is 2. The van der Waals surface area contributed by atoms with E-state index in [2.05, 4.69) is 9.82 Å². The number of aromatic nitrogens is 2. The van der Waals surface area contributed by atoms with Crippen molar-refractivity contribution in [3.63, 3.8) is 0 Å². The predicted octanol–water partition coefficient (Wildman–Crippen LogP) is 4.49. The zero-order valence-electron chi connectivity index (χ0n) is 16.0. The van der Waals surface area contributed by atoms with E-state index >= 15 is 0 Å². The Morgan fingerprint density at radius 1 is 0.933 bits per heavy atom. The van der Waals surface area contributed by atoms with Gasteiger partial charge in [0.2, 0.25) is 0 Å². The highest BCUT2D eigenvalue weighted by Gasteiger charge is 2.20. The maximum Gasteiger partial charge on any atom is 0.263 e. The number of methoxy groups -OCH3 is 1. The number of benzene rings is 3. The molecule has 1 N–H and O–H groups in total. The molecule has 8 heteroatoms. The van der Waals surface area contributed by atoms with Gasteiger partial charge in [0.25, 0.3) is 10.0 Å². The van der Waals surface area contributed by atoms with Crippen molar-refractivity contribution in [2.75, 3.05) is 11.8 Å². The molecule has 4 aromatic rings. The van der Waals surface area contributed by atoms with Crippen molar-refractivity contribution >= 4 is 15.8 Å². The third-order valence-corrected chi connectivity index (χ3v) is 5.84. The van der Waals surface area contributed by atoms with Crippen molar-refractivity contribution < 1.29 is 17.5 Å². The number of ether oxygens (including phenoxy) is 1. The minimum absolute atomic E-state index is 0.0471. The van der Waals surface area contributed by atoms with Crippen LogP contribution >= 0.6 is 0 Å². The third kappa shape index (κ3) is 3.90. The van der Waals surface area contributed by atoms with Gasteiger partial charge in [0.1, 0.15) is 23.1 Å². The van der Waals surface area contributed by atoms with E-state index in [1.807, 2.05) is 30.3 Å². The zero-order valence-corrected chi connectivity index (χ0v) is 16.8. The van der Waals surface area contributed by atoms with Gasteiger partial charge in [-0.15, -0.1) is 0 Å². The monoisotopic (exact) mass is 423 g/mol. The van der Waals surface area contributed by atoms with Gasteiger partial charge in [0, 0.05) is 11.6 Å². The highest BCUT2D eigenvalue weighted by Crippen LogP contribution is 2.28. The Kier molecular flexibility index (Phi) is 5.24. The van der Waals surface area contributed by atoms with E-state index in [9.17, 15) is 12.8 Å². The van der Waals surface area contributed by atoms with Crippen LogP contribution in [0.2, 0.25) is 0 Å². The number of hydrogen-bond acceptors (Lipinski definition) is 4. The Balaban J connectivity index is 1.79. The predicted molar refractivity (Wildman–Crippen MR) is 113 cm³/mol. The average molecular weight is 423 g/mol. The number of hydrogen-bond donors (Lipinski definition) is 1. The SMILES string of the molecule is COc1ccc(S(=O)(=O)Nc2cc(-c3ccccc3)nn2-c2ccccc2F)cc1. The Morgan fingerprint density at radius 3 is 2.27 bits per heavy atom. The number of halogens is 1. The number of anilines is 1. The van der Waals surface area contributed by atoms with Crippen molar-refractivity contribution in [1.29, 1.82) is 0 Å². The van der Waals surface area contributed by atoms with Gasteiger partial charge in [0.05, 0.1) is 17.7 Å². The standard InChI is InChI=1S/C22H18FN3O3S/c1-29-17-11-13-18(14-12-17)30(27,28)25-22-15-20(16-7-3-2-4-8-16)24-26(22)21-10-6-5-9-19(21)23/h2-15,25H,1H3. The summed E-state index contributed by atoms with van der Waals surface area (Å²) in [6, 6.07) is 22.8. The Labute approximate surface area is 173 Å². The molecule has 0 fully saturated rings. The van der Waals surface area contributed by atoms with Gasteiger partial charge in [-0.3, -0.25) is 4.72 Å². The molecule has 0 unspecified atom stereocenters. The van der Waals surface area contributed by atoms with E-state index in [4.69, 9.17) is 4.74 Å². The quantitative estimate of drug-likeness (QED) is 0.496. The molecule has 0 atom stereocenters. The lowest BCUT2D eigenvalue weighted by atomic mass is 10.2. The summed E-state index contributed by atoms with van der Waals surface area (Å²) in [6.07, 6.45) is 0. The number of rotatable bonds is 6. The second kappa shape index (κ2) is 8.00. The summed E-state index contributed by atoms with van der Waals surface area (Å²) in [4.78, 5) is 0.0471. The summed E-state index contributed by atoms with van der Waals surface area (Å²) in [7, 11) is -2.44. The molecule has 0 spiro atoms. The normalized spacial score (nSPS) is 11.3. The van der Waals surface area contributed by atoms with E-state index in [1.165, 1.54) is 36.1 Å². The van der Waals surface area contributed by atoms with Gasteiger partial charge in [0.15, 0.2) is 0 Å². The fourth-order valence-electron chi connectivity index (χ4n) is 2.96. The molecule has 0 bridgehead atoms. The molecule has 0 aliphatic heterocycles. The maximum absolute atomic E-state index is 14.5. The molecular weight excluding hydrogens is 405 g/mol. The minimum atomic E-state index is -3.94. The van der Waals surface area contributed by atoms with Crippen LogP contribution in [0.5, 0.6) is 5.75 Å². The molecule has 0 radical (unpaired) electrons. The zero-order chi connectivity index (χ0) is 21.1. The molecule has 6 nitrogen and oxygen atoms in total. The Bertz CT molecular complexity index is 1270. The molecule has 0 saturated heterocycles. The number of para-hydroxylation sites is 1. The van der Waals surface area contributed by atoms with Crippen LogP contribution < -0.4 is 9.46 Å². The van der Waals surface area contributed by atoms with Gasteiger partial charge >= 0.3 is 0 Å². The van der Waals surface area contributed by atoms with Crippen LogP contribution in [-0.4, -0.2) is 25.3 Å². The second-order valence-electron chi connectivity index (χ2n) is 6.43. The summed E-state index contributed by atoms with van der Waals surface area (Å²) in [5, 5.41) is 4.45. The highest BCUT2D eigenvalue weighted by atomic mass is 32.2. The molecule has 152 valence electrons. The number of sulfonamides is 1. The van der Waals surface area contributed by atoms with Crippen molar-refractivity contribution in [3.8, 4) is 22.7 Å². The molecule has 30 heavy (non-hydrogen) atoms.